The van der Waals surface area contributed by atoms with Crippen LogP contribution in [0.3, 0.4) is 0 Å². The Labute approximate surface area is 223 Å². The highest BCUT2D eigenvalue weighted by Crippen LogP contribution is 2.45. The molecule has 2 aromatic rings. The molecule has 1 fully saturated rings. The number of nitrogens with one attached hydrogen (secondary N) is 1. The van der Waals surface area contributed by atoms with Gasteiger partial charge in [0.15, 0.2) is 17.3 Å². The first-order chi connectivity index (χ1) is 17.8. The molecule has 0 aliphatic heterocycles. The maximum Gasteiger partial charge on any atom is 0.426 e. The van der Waals surface area contributed by atoms with Gasteiger partial charge in [-0.3, -0.25) is 9.36 Å². The second-order valence-electron chi connectivity index (χ2n) is 9.89. The van der Waals surface area contributed by atoms with E-state index in [1.165, 1.54) is 6.92 Å². The average molecular weight is 592 g/mol. The molecule has 0 spiro atoms. The van der Waals surface area contributed by atoms with Crippen molar-refractivity contribution in [1.29, 1.82) is 0 Å². The van der Waals surface area contributed by atoms with Gasteiger partial charge in [-0.2, -0.15) is 26.3 Å². The fourth-order valence-electron chi connectivity index (χ4n) is 4.45. The first-order valence-electron chi connectivity index (χ1n) is 12.0. The van der Waals surface area contributed by atoms with Crippen molar-refractivity contribution >= 4 is 17.5 Å². The van der Waals surface area contributed by atoms with Crippen LogP contribution in [-0.2, 0) is 12.8 Å². The van der Waals surface area contributed by atoms with Gasteiger partial charge in [0, 0.05) is 19.4 Å². The minimum atomic E-state index is -6.19. The van der Waals surface area contributed by atoms with Crippen molar-refractivity contribution in [2.45, 2.75) is 75.9 Å². The molecule has 6 nitrogen and oxygen atoms in total. The van der Waals surface area contributed by atoms with Gasteiger partial charge in [0.25, 0.3) is 11.5 Å². The van der Waals surface area contributed by atoms with Crippen LogP contribution >= 0.6 is 11.6 Å². The van der Waals surface area contributed by atoms with Crippen molar-refractivity contribution in [2.75, 3.05) is 6.54 Å². The van der Waals surface area contributed by atoms with Crippen LogP contribution in [0.5, 0.6) is 0 Å². The van der Waals surface area contributed by atoms with E-state index in [0.29, 0.717) is 23.3 Å². The Hall–Kier alpha value is -2.45. The Morgan fingerprint density at radius 2 is 1.64 bits per heavy atom. The van der Waals surface area contributed by atoms with Gasteiger partial charge in [-0.25, -0.2) is 13.8 Å². The number of carbonyl (C=O) groups excluding carboxylic acids is 1. The van der Waals surface area contributed by atoms with E-state index < -0.39 is 69.6 Å². The molecule has 1 saturated carbocycles. The molecule has 218 valence electrons. The highest BCUT2D eigenvalue weighted by molar-refractivity contribution is 6.32. The molecule has 3 N–H and O–H groups in total. The third-order valence-electron chi connectivity index (χ3n) is 6.90. The van der Waals surface area contributed by atoms with Crippen LogP contribution in [0.2, 0.25) is 5.15 Å². The molecule has 0 saturated heterocycles. The van der Waals surface area contributed by atoms with Gasteiger partial charge in [-0.05, 0) is 49.3 Å². The Morgan fingerprint density at radius 1 is 1.13 bits per heavy atom. The maximum atomic E-state index is 15.0. The van der Waals surface area contributed by atoms with Crippen LogP contribution in [-0.4, -0.2) is 55.8 Å². The standard InChI is InChI=1S/C24H26ClF8N3O3/c1-3-16-35-17(20(37)34-11-21(38)6-4-12(2)5-7-21)19(25)36(16)18-14(26)8-13(9-15(18)27)10-22(39,23(28,29)30)24(31,32)33/h8-9,12,38-39H,3-7,10-11H2,1-2H3,(H,34,37). The number of amides is 1. The molecular formula is C24H26ClF8N3O3. The fourth-order valence-corrected chi connectivity index (χ4v) is 4.76. The molecule has 1 aliphatic carbocycles. The fraction of sp³-hybridized carbons (Fsp3) is 0.583. The molecule has 0 bridgehead atoms. The van der Waals surface area contributed by atoms with E-state index in [1.54, 1.807) is 0 Å². The lowest BCUT2D eigenvalue weighted by molar-refractivity contribution is -0.367. The summed E-state index contributed by atoms with van der Waals surface area (Å²) in [6, 6.07) is 0.409. The zero-order chi connectivity index (χ0) is 29.6. The summed E-state index contributed by atoms with van der Waals surface area (Å²) in [5.74, 6) is -3.79. The van der Waals surface area contributed by atoms with Gasteiger partial charge < -0.3 is 15.5 Å². The SMILES string of the molecule is CCc1nc(C(=O)NCC2(O)CCC(C)CC2)c(Cl)n1-c1c(F)cc(CC(O)(C(F)(F)F)C(F)(F)F)cc1F. The van der Waals surface area contributed by atoms with Gasteiger partial charge in [-0.1, -0.05) is 25.4 Å². The van der Waals surface area contributed by atoms with Crippen LogP contribution < -0.4 is 5.32 Å². The second-order valence-corrected chi connectivity index (χ2v) is 10.2. The van der Waals surface area contributed by atoms with Crippen LogP contribution in [0, 0.1) is 17.6 Å². The molecule has 0 radical (unpaired) electrons. The Balaban J connectivity index is 1.94. The van der Waals surface area contributed by atoms with Gasteiger partial charge in [-0.15, -0.1) is 0 Å². The van der Waals surface area contributed by atoms with E-state index in [9.17, 15) is 41.4 Å². The van der Waals surface area contributed by atoms with E-state index in [0.717, 1.165) is 12.8 Å². The van der Waals surface area contributed by atoms with E-state index in [1.807, 2.05) is 6.92 Å². The van der Waals surface area contributed by atoms with E-state index in [4.69, 9.17) is 11.6 Å². The number of imidazole rings is 1. The number of hydrogen-bond acceptors (Lipinski definition) is 4. The second kappa shape index (κ2) is 10.8. The van der Waals surface area contributed by atoms with Crippen molar-refractivity contribution in [1.82, 2.24) is 14.9 Å². The van der Waals surface area contributed by atoms with E-state index in [2.05, 4.69) is 10.3 Å². The molecule has 1 aromatic heterocycles. The number of aryl methyl sites for hydroxylation is 1. The number of halogens is 9. The third kappa shape index (κ3) is 6.17. The maximum absolute atomic E-state index is 15.0. The largest absolute Gasteiger partial charge is 0.426 e. The van der Waals surface area contributed by atoms with Crippen molar-refractivity contribution in [3.05, 3.63) is 46.0 Å². The summed E-state index contributed by atoms with van der Waals surface area (Å²) in [6.07, 6.45) is -12.2. The highest BCUT2D eigenvalue weighted by atomic mass is 35.5. The molecule has 1 heterocycles. The van der Waals surface area contributed by atoms with E-state index in [-0.39, 0.29) is 30.9 Å². The number of aromatic nitrogens is 2. The van der Waals surface area contributed by atoms with Gasteiger partial charge in [0.2, 0.25) is 0 Å². The smallest absolute Gasteiger partial charge is 0.388 e. The van der Waals surface area contributed by atoms with Crippen LogP contribution in [0.15, 0.2) is 12.1 Å². The lowest BCUT2D eigenvalue weighted by Crippen LogP contribution is -2.58. The monoisotopic (exact) mass is 591 g/mol. The number of alkyl halides is 6. The molecule has 0 unspecified atom stereocenters. The summed E-state index contributed by atoms with van der Waals surface area (Å²) >= 11 is 6.23. The summed E-state index contributed by atoms with van der Waals surface area (Å²) in [5, 5.41) is 22.0. The number of nitrogens with zero attached hydrogens (tertiary/aromatic N) is 2. The predicted molar refractivity (Wildman–Crippen MR) is 124 cm³/mol. The molecule has 1 aliphatic rings. The topological polar surface area (TPSA) is 87.4 Å². The normalized spacial score (nSPS) is 20.8. The zero-order valence-corrected chi connectivity index (χ0v) is 21.5. The first-order valence-corrected chi connectivity index (χ1v) is 12.3. The molecule has 15 heteroatoms. The number of benzene rings is 1. The summed E-state index contributed by atoms with van der Waals surface area (Å²) < 4.78 is 109. The van der Waals surface area contributed by atoms with Gasteiger partial charge in [0.05, 0.1) is 5.60 Å². The van der Waals surface area contributed by atoms with Crippen LogP contribution in [0.4, 0.5) is 35.1 Å². The minimum Gasteiger partial charge on any atom is -0.388 e. The molecular weight excluding hydrogens is 566 g/mol. The summed E-state index contributed by atoms with van der Waals surface area (Å²) in [4.78, 5) is 16.8. The van der Waals surface area contributed by atoms with Crippen molar-refractivity contribution in [3.8, 4) is 5.69 Å². The Morgan fingerprint density at radius 3 is 2.10 bits per heavy atom. The highest BCUT2D eigenvalue weighted by Gasteiger charge is 2.70. The lowest BCUT2D eigenvalue weighted by atomic mass is 9.79. The minimum absolute atomic E-state index is 0.0304. The molecule has 0 atom stereocenters. The molecule has 39 heavy (non-hydrogen) atoms. The number of carbonyl (C=O) groups is 1. The quantitative estimate of drug-likeness (QED) is 0.375. The number of aliphatic hydroxyl groups is 2. The third-order valence-corrected chi connectivity index (χ3v) is 7.25. The zero-order valence-electron chi connectivity index (χ0n) is 20.8. The van der Waals surface area contributed by atoms with E-state index >= 15 is 8.78 Å². The molecule has 1 aromatic carbocycles. The Bertz CT molecular complexity index is 1180. The summed E-state index contributed by atoms with van der Waals surface area (Å²) in [6.45, 7) is 3.40. The summed E-state index contributed by atoms with van der Waals surface area (Å²) in [5.41, 5.74) is -8.99. The molecule has 1 amide bonds. The lowest BCUT2D eigenvalue weighted by Gasteiger charge is -2.34. The van der Waals surface area contributed by atoms with Gasteiger partial charge >= 0.3 is 12.4 Å². The average Bonchev–Trinajstić information content (AvgIpc) is 3.14. The molecule has 3 rings (SSSR count). The van der Waals surface area contributed by atoms with Crippen molar-refractivity contribution in [3.63, 3.8) is 0 Å². The Kier molecular flexibility index (Phi) is 8.64. The van der Waals surface area contributed by atoms with Crippen LogP contribution in [0.1, 0.15) is 61.4 Å². The summed E-state index contributed by atoms with van der Waals surface area (Å²) in [7, 11) is 0. The number of hydrogen-bond donors (Lipinski definition) is 3. The number of rotatable bonds is 7. The predicted octanol–water partition coefficient (Wildman–Crippen LogP) is 5.44. The van der Waals surface area contributed by atoms with Crippen molar-refractivity contribution in [2.24, 2.45) is 5.92 Å². The van der Waals surface area contributed by atoms with Crippen LogP contribution in [0.25, 0.3) is 5.69 Å². The van der Waals surface area contributed by atoms with Crippen molar-refractivity contribution < 1.29 is 50.1 Å². The van der Waals surface area contributed by atoms with Gasteiger partial charge in [0.1, 0.15) is 16.7 Å². The first kappa shape index (κ1) is 31.1.